The molecule has 1 aromatic heterocycles. The molecule has 0 aromatic carbocycles. The van der Waals surface area contributed by atoms with Crippen molar-refractivity contribution in [2.24, 2.45) is 0 Å². The number of rotatable bonds is 2. The summed E-state index contributed by atoms with van der Waals surface area (Å²) in [6.07, 6.45) is -1.69. The molecular weight excluding hydrogens is 271 g/mol. The molecule has 2 N–H and O–H groups in total. The number of hydrogen-bond donors (Lipinski definition) is 1. The Balaban J connectivity index is 2.32. The Morgan fingerprint density at radius 3 is 2.75 bits per heavy atom. The quantitative estimate of drug-likeness (QED) is 0.909. The third-order valence-corrected chi connectivity index (χ3v) is 3.69. The fraction of sp³-hybridized carbons (Fsp3) is 0.615. The van der Waals surface area contributed by atoms with Crippen molar-refractivity contribution in [2.75, 3.05) is 30.8 Å². The summed E-state index contributed by atoms with van der Waals surface area (Å²) >= 11 is 0. The molecule has 1 unspecified atom stereocenters. The lowest BCUT2D eigenvalue weighted by Crippen LogP contribution is -2.47. The van der Waals surface area contributed by atoms with E-state index in [4.69, 9.17) is 10.5 Å². The van der Waals surface area contributed by atoms with Crippen LogP contribution < -0.4 is 10.6 Å². The SMILES string of the molecule is COC1(C)CCCN(c2cc(C(F)(F)F)ncc2N)C1. The molecule has 1 fully saturated rings. The van der Waals surface area contributed by atoms with E-state index in [1.165, 1.54) is 0 Å². The van der Waals surface area contributed by atoms with Gasteiger partial charge in [-0.05, 0) is 25.8 Å². The standard InChI is InChI=1S/C13H18F3N3O/c1-12(20-2)4-3-5-19(8-12)10-6-11(13(14,15)16)18-7-9(10)17/h6-7H,3-5,8,17H2,1-2H3. The minimum atomic E-state index is -4.47. The molecule has 0 aliphatic carbocycles. The number of methoxy groups -OCH3 is 1. The second-order valence-corrected chi connectivity index (χ2v) is 5.31. The molecule has 1 aliphatic rings. The zero-order chi connectivity index (χ0) is 15.0. The van der Waals surface area contributed by atoms with Crippen molar-refractivity contribution in [3.05, 3.63) is 18.0 Å². The minimum Gasteiger partial charge on any atom is -0.396 e. The highest BCUT2D eigenvalue weighted by Gasteiger charge is 2.35. The fourth-order valence-electron chi connectivity index (χ4n) is 2.46. The summed E-state index contributed by atoms with van der Waals surface area (Å²) in [5, 5.41) is 0. The van der Waals surface area contributed by atoms with Gasteiger partial charge in [-0.25, -0.2) is 4.98 Å². The second-order valence-electron chi connectivity index (χ2n) is 5.31. The number of pyridine rings is 1. The van der Waals surface area contributed by atoms with Gasteiger partial charge in [-0.3, -0.25) is 0 Å². The first-order chi connectivity index (χ1) is 9.25. The van der Waals surface area contributed by atoms with Crippen molar-refractivity contribution in [1.82, 2.24) is 4.98 Å². The predicted molar refractivity (Wildman–Crippen MR) is 70.5 cm³/mol. The molecule has 0 spiro atoms. The normalized spacial score (nSPS) is 23.9. The van der Waals surface area contributed by atoms with E-state index in [9.17, 15) is 13.2 Å². The van der Waals surface area contributed by atoms with Gasteiger partial charge in [-0.1, -0.05) is 0 Å². The highest BCUT2D eigenvalue weighted by molar-refractivity contribution is 5.67. The van der Waals surface area contributed by atoms with Crippen LogP contribution >= 0.6 is 0 Å². The second kappa shape index (κ2) is 5.12. The van der Waals surface area contributed by atoms with E-state index in [2.05, 4.69) is 4.98 Å². The number of piperidine rings is 1. The van der Waals surface area contributed by atoms with Crippen molar-refractivity contribution >= 4 is 11.4 Å². The number of nitrogens with zero attached hydrogens (tertiary/aromatic N) is 2. The largest absolute Gasteiger partial charge is 0.433 e. The molecule has 4 nitrogen and oxygen atoms in total. The molecule has 2 rings (SSSR count). The molecule has 0 saturated carbocycles. The van der Waals surface area contributed by atoms with Crippen LogP contribution in [0.3, 0.4) is 0 Å². The van der Waals surface area contributed by atoms with Gasteiger partial charge in [-0.2, -0.15) is 13.2 Å². The van der Waals surface area contributed by atoms with Crippen molar-refractivity contribution in [1.29, 1.82) is 0 Å². The zero-order valence-electron chi connectivity index (χ0n) is 11.5. The van der Waals surface area contributed by atoms with Gasteiger partial charge in [0.15, 0.2) is 0 Å². The zero-order valence-corrected chi connectivity index (χ0v) is 11.5. The predicted octanol–water partition coefficient (Wildman–Crippen LogP) is 2.69. The molecule has 0 amide bonds. The van der Waals surface area contributed by atoms with E-state index < -0.39 is 11.9 Å². The molecule has 2 heterocycles. The molecule has 20 heavy (non-hydrogen) atoms. The Labute approximate surface area is 115 Å². The third kappa shape index (κ3) is 2.98. The lowest BCUT2D eigenvalue weighted by atomic mass is 9.94. The topological polar surface area (TPSA) is 51.4 Å². The smallest absolute Gasteiger partial charge is 0.396 e. The molecule has 0 radical (unpaired) electrons. The minimum absolute atomic E-state index is 0.248. The highest BCUT2D eigenvalue weighted by atomic mass is 19.4. The summed E-state index contributed by atoms with van der Waals surface area (Å²) in [4.78, 5) is 5.19. The summed E-state index contributed by atoms with van der Waals surface area (Å²) in [5.74, 6) is 0. The Morgan fingerprint density at radius 1 is 1.45 bits per heavy atom. The van der Waals surface area contributed by atoms with Crippen LogP contribution in [-0.4, -0.2) is 30.8 Å². The van der Waals surface area contributed by atoms with E-state index in [0.717, 1.165) is 25.1 Å². The van der Waals surface area contributed by atoms with E-state index in [0.29, 0.717) is 18.8 Å². The maximum absolute atomic E-state index is 12.7. The molecule has 1 atom stereocenters. The Bertz CT molecular complexity index is 492. The van der Waals surface area contributed by atoms with Crippen molar-refractivity contribution in [2.45, 2.75) is 31.5 Å². The Morgan fingerprint density at radius 2 is 2.15 bits per heavy atom. The first kappa shape index (κ1) is 14.9. The van der Waals surface area contributed by atoms with Gasteiger partial charge in [0, 0.05) is 20.2 Å². The Hall–Kier alpha value is -1.50. The van der Waals surface area contributed by atoms with Crippen LogP contribution in [-0.2, 0) is 10.9 Å². The lowest BCUT2D eigenvalue weighted by molar-refractivity contribution is -0.141. The van der Waals surface area contributed by atoms with Gasteiger partial charge in [0.2, 0.25) is 0 Å². The number of hydrogen-bond acceptors (Lipinski definition) is 4. The molecule has 7 heteroatoms. The molecule has 1 aliphatic heterocycles. The number of alkyl halides is 3. The van der Waals surface area contributed by atoms with Crippen molar-refractivity contribution < 1.29 is 17.9 Å². The van der Waals surface area contributed by atoms with Crippen LogP contribution in [0.25, 0.3) is 0 Å². The number of nitrogens with two attached hydrogens (primary N) is 1. The third-order valence-electron chi connectivity index (χ3n) is 3.69. The van der Waals surface area contributed by atoms with Crippen LogP contribution in [0.1, 0.15) is 25.5 Å². The van der Waals surface area contributed by atoms with Crippen LogP contribution in [0.15, 0.2) is 12.3 Å². The van der Waals surface area contributed by atoms with Gasteiger partial charge in [0.1, 0.15) is 5.69 Å². The average molecular weight is 289 g/mol. The molecule has 1 saturated heterocycles. The van der Waals surface area contributed by atoms with Gasteiger partial charge in [-0.15, -0.1) is 0 Å². The first-order valence-corrected chi connectivity index (χ1v) is 6.38. The molecular formula is C13H18F3N3O. The summed E-state index contributed by atoms with van der Waals surface area (Å²) in [6, 6.07) is 1.01. The number of aromatic nitrogens is 1. The van der Waals surface area contributed by atoms with Gasteiger partial charge < -0.3 is 15.4 Å². The van der Waals surface area contributed by atoms with E-state index >= 15 is 0 Å². The number of nitrogen functional groups attached to an aromatic ring is 1. The monoisotopic (exact) mass is 289 g/mol. The summed E-state index contributed by atoms with van der Waals surface area (Å²) < 4.78 is 43.7. The molecule has 0 bridgehead atoms. The van der Waals surface area contributed by atoms with Crippen LogP contribution in [0.4, 0.5) is 24.5 Å². The van der Waals surface area contributed by atoms with Crippen LogP contribution in [0.2, 0.25) is 0 Å². The van der Waals surface area contributed by atoms with E-state index in [1.54, 1.807) is 7.11 Å². The van der Waals surface area contributed by atoms with E-state index in [1.807, 2.05) is 11.8 Å². The van der Waals surface area contributed by atoms with E-state index in [-0.39, 0.29) is 11.3 Å². The molecule has 112 valence electrons. The maximum atomic E-state index is 12.7. The fourth-order valence-corrected chi connectivity index (χ4v) is 2.46. The lowest BCUT2D eigenvalue weighted by Gasteiger charge is -2.41. The van der Waals surface area contributed by atoms with Crippen LogP contribution in [0.5, 0.6) is 0 Å². The van der Waals surface area contributed by atoms with Gasteiger partial charge in [0.05, 0.1) is 23.2 Å². The van der Waals surface area contributed by atoms with Crippen molar-refractivity contribution in [3.63, 3.8) is 0 Å². The van der Waals surface area contributed by atoms with Crippen molar-refractivity contribution in [3.8, 4) is 0 Å². The summed E-state index contributed by atoms with van der Waals surface area (Å²) in [6.45, 7) is 3.11. The average Bonchev–Trinajstić information content (AvgIpc) is 2.38. The van der Waals surface area contributed by atoms with Gasteiger partial charge >= 0.3 is 6.18 Å². The van der Waals surface area contributed by atoms with Crippen LogP contribution in [0, 0.1) is 0 Å². The van der Waals surface area contributed by atoms with Gasteiger partial charge in [0.25, 0.3) is 0 Å². The number of ether oxygens (including phenoxy) is 1. The first-order valence-electron chi connectivity index (χ1n) is 6.38. The molecule has 1 aromatic rings. The summed E-state index contributed by atoms with van der Waals surface area (Å²) in [5.41, 5.74) is 5.11. The summed E-state index contributed by atoms with van der Waals surface area (Å²) in [7, 11) is 1.61. The number of halogens is 3. The number of anilines is 2. The maximum Gasteiger partial charge on any atom is 0.433 e. The Kier molecular flexibility index (Phi) is 3.82. The highest BCUT2D eigenvalue weighted by Crippen LogP contribution is 2.35.